The van der Waals surface area contributed by atoms with Gasteiger partial charge in [-0.2, -0.15) is 0 Å². The van der Waals surface area contributed by atoms with Crippen LogP contribution in [0, 0.1) is 0 Å². The van der Waals surface area contributed by atoms with Crippen molar-refractivity contribution in [2.75, 3.05) is 12.0 Å². The van der Waals surface area contributed by atoms with Gasteiger partial charge in [-0.3, -0.25) is 14.5 Å². The molecule has 0 radical (unpaired) electrons. The Morgan fingerprint density at radius 2 is 1.43 bits per heavy atom. The van der Waals surface area contributed by atoms with Crippen molar-refractivity contribution in [3.05, 3.63) is 102 Å². The second-order valence-electron chi connectivity index (χ2n) is 6.52. The maximum Gasteiger partial charge on any atom is 0.262 e. The fourth-order valence-corrected chi connectivity index (χ4v) is 3.41. The summed E-state index contributed by atoms with van der Waals surface area (Å²) in [5.41, 5.74) is 2.46. The largest absolute Gasteiger partial charge is 0.497 e. The Morgan fingerprint density at radius 1 is 0.821 bits per heavy atom. The Hall–Kier alpha value is -3.66. The standard InChI is InChI=1S/C24H19NO3/c1-28-20-14-12-17(13-15-20)16-21-23(26)22(18-8-4-2-5-9-18)25(24(21)27)19-10-6-3-7-11-19/h2-16,22H,1H3/b21-16-. The minimum absolute atomic E-state index is 0.183. The Balaban J connectivity index is 1.80. The molecule has 3 aromatic rings. The Morgan fingerprint density at radius 3 is 2.04 bits per heavy atom. The third-order valence-corrected chi connectivity index (χ3v) is 4.80. The van der Waals surface area contributed by atoms with Crippen LogP contribution in [0.2, 0.25) is 0 Å². The Kier molecular flexibility index (Phi) is 4.77. The quantitative estimate of drug-likeness (QED) is 0.505. The molecule has 4 nitrogen and oxygen atoms in total. The molecule has 28 heavy (non-hydrogen) atoms. The average molecular weight is 369 g/mol. The summed E-state index contributed by atoms with van der Waals surface area (Å²) in [6.45, 7) is 0. The van der Waals surface area contributed by atoms with Gasteiger partial charge in [-0.05, 0) is 41.5 Å². The van der Waals surface area contributed by atoms with E-state index in [0.717, 1.165) is 16.9 Å². The highest BCUT2D eigenvalue weighted by atomic mass is 16.5. The molecule has 0 N–H and O–H groups in total. The number of ether oxygens (including phenoxy) is 1. The van der Waals surface area contributed by atoms with Crippen LogP contribution in [-0.2, 0) is 9.59 Å². The van der Waals surface area contributed by atoms with Crippen molar-refractivity contribution in [1.29, 1.82) is 0 Å². The lowest BCUT2D eigenvalue weighted by Gasteiger charge is -2.23. The highest BCUT2D eigenvalue weighted by molar-refractivity contribution is 6.35. The van der Waals surface area contributed by atoms with Crippen LogP contribution in [0.3, 0.4) is 0 Å². The normalized spacial score (nSPS) is 18.0. The zero-order valence-corrected chi connectivity index (χ0v) is 15.4. The molecule has 1 fully saturated rings. The minimum Gasteiger partial charge on any atom is -0.497 e. The van der Waals surface area contributed by atoms with E-state index in [1.807, 2.05) is 72.8 Å². The van der Waals surface area contributed by atoms with Gasteiger partial charge in [0.2, 0.25) is 0 Å². The maximum absolute atomic E-state index is 13.3. The second-order valence-corrected chi connectivity index (χ2v) is 6.52. The van der Waals surface area contributed by atoms with Crippen molar-refractivity contribution >= 4 is 23.5 Å². The monoisotopic (exact) mass is 369 g/mol. The van der Waals surface area contributed by atoms with Gasteiger partial charge in [-0.25, -0.2) is 0 Å². The molecule has 1 aliphatic heterocycles. The highest BCUT2D eigenvalue weighted by Gasteiger charge is 2.44. The van der Waals surface area contributed by atoms with Gasteiger partial charge in [0.1, 0.15) is 11.8 Å². The molecule has 0 bridgehead atoms. The molecule has 0 saturated carbocycles. The van der Waals surface area contributed by atoms with Gasteiger partial charge in [0.15, 0.2) is 5.78 Å². The zero-order chi connectivity index (χ0) is 19.5. The smallest absolute Gasteiger partial charge is 0.262 e. The maximum atomic E-state index is 13.3. The van der Waals surface area contributed by atoms with Gasteiger partial charge in [0.25, 0.3) is 5.91 Å². The molecular weight excluding hydrogens is 350 g/mol. The number of nitrogens with zero attached hydrogens (tertiary/aromatic N) is 1. The van der Waals surface area contributed by atoms with Crippen LogP contribution in [0.5, 0.6) is 5.75 Å². The number of carbonyl (C=O) groups excluding carboxylic acids is 2. The SMILES string of the molecule is COc1ccc(/C=C2/C(=O)C(c3ccccc3)N(c3ccccc3)C2=O)cc1. The van der Waals surface area contributed by atoms with E-state index in [4.69, 9.17) is 4.74 Å². The van der Waals surface area contributed by atoms with Crippen molar-refractivity contribution in [2.24, 2.45) is 0 Å². The number of benzene rings is 3. The molecule has 1 aliphatic rings. The molecule has 0 aromatic heterocycles. The van der Waals surface area contributed by atoms with Crippen LogP contribution in [0.15, 0.2) is 90.5 Å². The average Bonchev–Trinajstić information content (AvgIpc) is 3.00. The lowest BCUT2D eigenvalue weighted by molar-refractivity contribution is -0.116. The number of amides is 1. The molecule has 138 valence electrons. The summed E-state index contributed by atoms with van der Waals surface area (Å²) >= 11 is 0. The van der Waals surface area contributed by atoms with Crippen molar-refractivity contribution in [2.45, 2.75) is 6.04 Å². The molecule has 1 unspecified atom stereocenters. The molecule has 1 saturated heterocycles. The van der Waals surface area contributed by atoms with E-state index in [2.05, 4.69) is 0 Å². The Labute approximate surface area is 163 Å². The molecule has 3 aromatic carbocycles. The first kappa shape index (κ1) is 17.7. The topological polar surface area (TPSA) is 46.6 Å². The van der Waals surface area contributed by atoms with Gasteiger partial charge < -0.3 is 4.74 Å². The summed E-state index contributed by atoms with van der Waals surface area (Å²) in [6, 6.07) is 25.3. The predicted octanol–water partition coefficient (Wildman–Crippen LogP) is 4.44. The lowest BCUT2D eigenvalue weighted by Crippen LogP contribution is -2.28. The summed E-state index contributed by atoms with van der Waals surface area (Å²) in [6.07, 6.45) is 1.66. The van der Waals surface area contributed by atoms with Crippen molar-refractivity contribution < 1.29 is 14.3 Å². The van der Waals surface area contributed by atoms with Crippen LogP contribution in [0.1, 0.15) is 17.2 Å². The fraction of sp³-hybridized carbons (Fsp3) is 0.0833. The van der Waals surface area contributed by atoms with Gasteiger partial charge in [-0.15, -0.1) is 0 Å². The fourth-order valence-electron chi connectivity index (χ4n) is 3.41. The molecule has 4 heteroatoms. The molecule has 4 rings (SSSR count). The first-order chi connectivity index (χ1) is 13.7. The van der Waals surface area contributed by atoms with Crippen LogP contribution >= 0.6 is 0 Å². The minimum atomic E-state index is -0.666. The van der Waals surface area contributed by atoms with Gasteiger partial charge in [0, 0.05) is 5.69 Å². The van der Waals surface area contributed by atoms with E-state index in [-0.39, 0.29) is 17.3 Å². The number of ketones is 1. The summed E-state index contributed by atoms with van der Waals surface area (Å²) in [5, 5.41) is 0. The number of carbonyl (C=O) groups is 2. The predicted molar refractivity (Wildman–Crippen MR) is 109 cm³/mol. The lowest BCUT2D eigenvalue weighted by atomic mass is 10.00. The van der Waals surface area contributed by atoms with Crippen molar-refractivity contribution in [1.82, 2.24) is 0 Å². The molecule has 1 heterocycles. The van der Waals surface area contributed by atoms with Crippen LogP contribution in [0.25, 0.3) is 6.08 Å². The van der Waals surface area contributed by atoms with Gasteiger partial charge in [0.05, 0.1) is 12.7 Å². The molecular formula is C24H19NO3. The number of methoxy groups -OCH3 is 1. The second kappa shape index (κ2) is 7.53. The van der Waals surface area contributed by atoms with Crippen LogP contribution < -0.4 is 9.64 Å². The van der Waals surface area contributed by atoms with Gasteiger partial charge in [-0.1, -0.05) is 60.7 Å². The van der Waals surface area contributed by atoms with Gasteiger partial charge >= 0.3 is 0 Å². The number of Topliss-reactive ketones (excluding diaryl/α,β-unsaturated/α-hetero) is 1. The van der Waals surface area contributed by atoms with E-state index in [9.17, 15) is 9.59 Å². The zero-order valence-electron chi connectivity index (χ0n) is 15.4. The molecule has 1 amide bonds. The van der Waals surface area contributed by atoms with E-state index < -0.39 is 6.04 Å². The van der Waals surface area contributed by atoms with Crippen LogP contribution in [0.4, 0.5) is 5.69 Å². The molecule has 1 atom stereocenters. The summed E-state index contributed by atoms with van der Waals surface area (Å²) in [5.74, 6) is 0.232. The first-order valence-corrected chi connectivity index (χ1v) is 9.02. The van der Waals surface area contributed by atoms with E-state index in [1.165, 1.54) is 0 Å². The number of hydrogen-bond donors (Lipinski definition) is 0. The van der Waals surface area contributed by atoms with E-state index in [0.29, 0.717) is 5.69 Å². The number of hydrogen-bond acceptors (Lipinski definition) is 3. The number of para-hydroxylation sites is 1. The summed E-state index contributed by atoms with van der Waals surface area (Å²) in [7, 11) is 1.60. The summed E-state index contributed by atoms with van der Waals surface area (Å²) in [4.78, 5) is 28.1. The summed E-state index contributed by atoms with van der Waals surface area (Å²) < 4.78 is 5.17. The molecule has 0 spiro atoms. The third kappa shape index (κ3) is 3.21. The first-order valence-electron chi connectivity index (χ1n) is 9.02. The molecule has 0 aliphatic carbocycles. The number of rotatable bonds is 4. The van der Waals surface area contributed by atoms with E-state index in [1.54, 1.807) is 30.2 Å². The van der Waals surface area contributed by atoms with Crippen LogP contribution in [-0.4, -0.2) is 18.8 Å². The Bertz CT molecular complexity index is 965. The highest BCUT2D eigenvalue weighted by Crippen LogP contribution is 2.37. The third-order valence-electron chi connectivity index (χ3n) is 4.80. The van der Waals surface area contributed by atoms with Crippen molar-refractivity contribution in [3.8, 4) is 5.75 Å². The number of anilines is 1. The van der Waals surface area contributed by atoms with E-state index >= 15 is 0 Å². The van der Waals surface area contributed by atoms with Crippen molar-refractivity contribution in [3.63, 3.8) is 0 Å².